The molecule has 0 saturated carbocycles. The average molecular weight is 290 g/mol. The zero-order valence-corrected chi connectivity index (χ0v) is 10.6. The Morgan fingerprint density at radius 3 is 2.63 bits per heavy atom. The molecule has 0 atom stereocenters. The van der Waals surface area contributed by atoms with Crippen LogP contribution in [-0.4, -0.2) is 5.78 Å². The largest absolute Gasteiger partial charge is 0.416 e. The van der Waals surface area contributed by atoms with Crippen LogP contribution < -0.4 is 5.32 Å². The van der Waals surface area contributed by atoms with Gasteiger partial charge in [-0.05, 0) is 31.0 Å². The van der Waals surface area contributed by atoms with Crippen LogP contribution in [0.2, 0.25) is 0 Å². The molecule has 2 nitrogen and oxygen atoms in total. The normalized spacial score (nSPS) is 16.7. The third-order valence-corrected chi connectivity index (χ3v) is 3.26. The Morgan fingerprint density at radius 1 is 1.21 bits per heavy atom. The van der Waals surface area contributed by atoms with Crippen LogP contribution in [0.3, 0.4) is 0 Å². The first-order chi connectivity index (χ1) is 8.88. The highest BCUT2D eigenvalue weighted by atomic mass is 35.5. The molecule has 0 aliphatic heterocycles. The van der Waals surface area contributed by atoms with E-state index in [1.807, 2.05) is 0 Å². The molecule has 0 spiro atoms. The fourth-order valence-electron chi connectivity index (χ4n) is 1.88. The molecule has 0 amide bonds. The molecule has 0 aromatic heterocycles. The Labute approximate surface area is 113 Å². The summed E-state index contributed by atoms with van der Waals surface area (Å²) in [7, 11) is 0. The van der Waals surface area contributed by atoms with E-state index in [2.05, 4.69) is 5.32 Å². The van der Waals surface area contributed by atoms with E-state index in [4.69, 9.17) is 11.6 Å². The lowest BCUT2D eigenvalue weighted by molar-refractivity contribution is -0.137. The molecule has 0 unspecified atom stereocenters. The molecule has 1 aromatic carbocycles. The molecule has 0 fully saturated rings. The summed E-state index contributed by atoms with van der Waals surface area (Å²) in [5.74, 6) is -0.178. The second kappa shape index (κ2) is 5.25. The van der Waals surface area contributed by atoms with Crippen molar-refractivity contribution in [3.05, 3.63) is 40.6 Å². The number of anilines is 1. The molecule has 1 N–H and O–H groups in total. The Balaban J connectivity index is 2.25. The maximum absolute atomic E-state index is 12.6. The number of nitrogens with one attached hydrogen (secondary N) is 1. The maximum Gasteiger partial charge on any atom is 0.416 e. The number of alkyl halides is 3. The predicted molar refractivity (Wildman–Crippen MR) is 66.8 cm³/mol. The van der Waals surface area contributed by atoms with E-state index in [-0.39, 0.29) is 16.5 Å². The molecule has 102 valence electrons. The molecular formula is C13H11ClF3NO. The van der Waals surface area contributed by atoms with E-state index in [0.29, 0.717) is 25.0 Å². The summed E-state index contributed by atoms with van der Waals surface area (Å²) in [6.07, 6.45) is -2.80. The molecule has 0 radical (unpaired) electrons. The van der Waals surface area contributed by atoms with Crippen LogP contribution >= 0.6 is 11.6 Å². The topological polar surface area (TPSA) is 29.1 Å². The van der Waals surface area contributed by atoms with E-state index in [9.17, 15) is 18.0 Å². The van der Waals surface area contributed by atoms with Gasteiger partial charge >= 0.3 is 6.18 Å². The fraction of sp³-hybridized carbons (Fsp3) is 0.308. The number of hydrogen-bond donors (Lipinski definition) is 1. The number of Topliss-reactive ketones (excluding diaryl/α,β-unsaturated/α-hetero) is 1. The van der Waals surface area contributed by atoms with Crippen molar-refractivity contribution in [2.75, 3.05) is 5.32 Å². The molecule has 2 rings (SSSR count). The Morgan fingerprint density at radius 2 is 1.95 bits per heavy atom. The third-order valence-electron chi connectivity index (χ3n) is 2.83. The number of allylic oxidation sites excluding steroid dienone is 2. The Kier molecular flexibility index (Phi) is 3.85. The molecule has 0 saturated heterocycles. The Hall–Kier alpha value is -1.49. The smallest absolute Gasteiger partial charge is 0.358 e. The van der Waals surface area contributed by atoms with Crippen molar-refractivity contribution in [2.24, 2.45) is 0 Å². The summed E-state index contributed by atoms with van der Waals surface area (Å²) < 4.78 is 37.7. The van der Waals surface area contributed by atoms with Crippen molar-refractivity contribution in [1.29, 1.82) is 0 Å². The zero-order valence-electron chi connectivity index (χ0n) is 9.85. The number of rotatable bonds is 2. The minimum absolute atomic E-state index is 0.0867. The summed E-state index contributed by atoms with van der Waals surface area (Å²) >= 11 is 5.86. The second-order valence-electron chi connectivity index (χ2n) is 4.27. The van der Waals surface area contributed by atoms with Gasteiger partial charge in [0.05, 0.1) is 5.56 Å². The minimum Gasteiger partial charge on any atom is -0.358 e. The van der Waals surface area contributed by atoms with Gasteiger partial charge < -0.3 is 5.32 Å². The molecule has 19 heavy (non-hydrogen) atoms. The lowest BCUT2D eigenvalue weighted by atomic mass is 10.0. The molecule has 6 heteroatoms. The van der Waals surface area contributed by atoms with Crippen molar-refractivity contribution in [1.82, 2.24) is 0 Å². The van der Waals surface area contributed by atoms with E-state index < -0.39 is 11.7 Å². The molecular weight excluding hydrogens is 279 g/mol. The van der Waals surface area contributed by atoms with Crippen LogP contribution in [0.1, 0.15) is 24.8 Å². The minimum atomic E-state index is -4.39. The van der Waals surface area contributed by atoms with Gasteiger partial charge in [0.2, 0.25) is 0 Å². The average Bonchev–Trinajstić information content (AvgIpc) is 2.34. The van der Waals surface area contributed by atoms with Crippen LogP contribution in [0.25, 0.3) is 0 Å². The summed E-state index contributed by atoms with van der Waals surface area (Å²) in [4.78, 5) is 11.4. The molecule has 1 aliphatic rings. The first-order valence-electron chi connectivity index (χ1n) is 5.74. The number of carbonyl (C=O) groups is 1. The summed E-state index contributed by atoms with van der Waals surface area (Å²) in [5, 5.41) is 2.89. The lowest BCUT2D eigenvalue weighted by Gasteiger charge is -2.18. The van der Waals surface area contributed by atoms with Crippen molar-refractivity contribution in [2.45, 2.75) is 25.4 Å². The molecule has 1 aliphatic carbocycles. The number of halogens is 4. The van der Waals surface area contributed by atoms with Crippen molar-refractivity contribution < 1.29 is 18.0 Å². The van der Waals surface area contributed by atoms with Gasteiger partial charge in [0, 0.05) is 17.8 Å². The molecule has 0 bridgehead atoms. The van der Waals surface area contributed by atoms with Crippen LogP contribution in [0, 0.1) is 0 Å². The van der Waals surface area contributed by atoms with Crippen LogP contribution in [-0.2, 0) is 11.0 Å². The highest BCUT2D eigenvalue weighted by Gasteiger charge is 2.30. The first-order valence-corrected chi connectivity index (χ1v) is 6.12. The SMILES string of the molecule is O=C1CCCC(Nc2cccc(C(F)(F)F)c2)=C1Cl. The second-order valence-corrected chi connectivity index (χ2v) is 4.65. The quantitative estimate of drug-likeness (QED) is 0.878. The van der Waals surface area contributed by atoms with Gasteiger partial charge in [0.1, 0.15) is 5.03 Å². The van der Waals surface area contributed by atoms with Gasteiger partial charge in [-0.15, -0.1) is 0 Å². The fourth-order valence-corrected chi connectivity index (χ4v) is 2.11. The van der Waals surface area contributed by atoms with Crippen molar-refractivity contribution in [3.8, 4) is 0 Å². The summed E-state index contributed by atoms with van der Waals surface area (Å²) in [6, 6.07) is 4.80. The van der Waals surface area contributed by atoms with Crippen LogP contribution in [0.4, 0.5) is 18.9 Å². The summed E-state index contributed by atoms with van der Waals surface area (Å²) in [5.41, 5.74) is 0.0197. The van der Waals surface area contributed by atoms with Gasteiger partial charge in [0.15, 0.2) is 5.78 Å². The van der Waals surface area contributed by atoms with Gasteiger partial charge in [-0.3, -0.25) is 4.79 Å². The van der Waals surface area contributed by atoms with Crippen molar-refractivity contribution >= 4 is 23.1 Å². The predicted octanol–water partition coefficient (Wildman–Crippen LogP) is 4.32. The molecule has 0 heterocycles. The Bertz CT molecular complexity index is 537. The molecule has 1 aromatic rings. The van der Waals surface area contributed by atoms with Gasteiger partial charge in [-0.1, -0.05) is 17.7 Å². The number of carbonyl (C=O) groups excluding carboxylic acids is 1. The monoisotopic (exact) mass is 289 g/mol. The van der Waals surface area contributed by atoms with E-state index in [1.165, 1.54) is 12.1 Å². The lowest BCUT2D eigenvalue weighted by Crippen LogP contribution is -2.13. The van der Waals surface area contributed by atoms with E-state index >= 15 is 0 Å². The van der Waals surface area contributed by atoms with Gasteiger partial charge in [-0.25, -0.2) is 0 Å². The number of benzene rings is 1. The standard InChI is InChI=1S/C13H11ClF3NO/c14-12-10(5-2-6-11(12)19)18-9-4-1-3-8(7-9)13(15,16)17/h1,3-4,7,18H,2,5-6H2. The third kappa shape index (κ3) is 3.29. The zero-order chi connectivity index (χ0) is 14.0. The van der Waals surface area contributed by atoms with E-state index in [0.717, 1.165) is 12.1 Å². The first kappa shape index (κ1) is 13.9. The highest BCUT2D eigenvalue weighted by molar-refractivity contribution is 6.43. The van der Waals surface area contributed by atoms with Crippen LogP contribution in [0.5, 0.6) is 0 Å². The van der Waals surface area contributed by atoms with Crippen LogP contribution in [0.15, 0.2) is 35.0 Å². The summed E-state index contributed by atoms with van der Waals surface area (Å²) in [6.45, 7) is 0. The number of ketones is 1. The van der Waals surface area contributed by atoms with Crippen molar-refractivity contribution in [3.63, 3.8) is 0 Å². The maximum atomic E-state index is 12.6. The van der Waals surface area contributed by atoms with Gasteiger partial charge in [-0.2, -0.15) is 13.2 Å². The van der Waals surface area contributed by atoms with Gasteiger partial charge in [0.25, 0.3) is 0 Å². The van der Waals surface area contributed by atoms with E-state index in [1.54, 1.807) is 0 Å². The number of hydrogen-bond acceptors (Lipinski definition) is 2. The highest BCUT2D eigenvalue weighted by Crippen LogP contribution is 2.32.